The molecule has 0 aromatic heterocycles. The van der Waals surface area contributed by atoms with E-state index in [-0.39, 0.29) is 5.70 Å². The van der Waals surface area contributed by atoms with Crippen LogP contribution in [0.4, 0.5) is 4.39 Å². The largest absolute Gasteiger partial charge is 0.393 e. The highest BCUT2D eigenvalue weighted by Crippen LogP contribution is 2.09. The zero-order valence-electron chi connectivity index (χ0n) is 3.93. The highest BCUT2D eigenvalue weighted by Gasteiger charge is 2.05. The van der Waals surface area contributed by atoms with Crippen LogP contribution in [0, 0.1) is 0 Å². The molecule has 0 bridgehead atoms. The van der Waals surface area contributed by atoms with Gasteiger partial charge in [0.15, 0.2) is 0 Å². The van der Waals surface area contributed by atoms with Gasteiger partial charge in [0, 0.05) is 6.08 Å². The summed E-state index contributed by atoms with van der Waals surface area (Å²) in [4.78, 5) is 7.95. The fourth-order valence-electron chi connectivity index (χ4n) is 0.285. The molecule has 0 radical (unpaired) electrons. The summed E-state index contributed by atoms with van der Waals surface area (Å²) in [5.74, 6) is 0. The Kier molecular flexibility index (Phi) is 1.07. The molecule has 8 heavy (non-hydrogen) atoms. The summed E-state index contributed by atoms with van der Waals surface area (Å²) >= 11 is 0. The molecule has 0 fully saturated rings. The van der Waals surface area contributed by atoms with Crippen LogP contribution in [0.3, 0.4) is 0 Å². The Morgan fingerprint density at radius 3 is 2.75 bits per heavy atom. The second-order valence-corrected chi connectivity index (χ2v) is 1.21. The summed E-state index contributed by atoms with van der Waals surface area (Å²) in [6, 6.07) is -0.896. The molecule has 0 aromatic rings. The smallest absolute Gasteiger partial charge is 0.347 e. The lowest BCUT2D eigenvalue weighted by Crippen LogP contribution is -2.03. The van der Waals surface area contributed by atoms with Gasteiger partial charge in [0.05, 0.1) is 0 Å². The topological polar surface area (TPSA) is 44.5 Å². The zero-order chi connectivity index (χ0) is 5.98. The van der Waals surface area contributed by atoms with Gasteiger partial charge in [-0.1, -0.05) is 0 Å². The van der Waals surface area contributed by atoms with Crippen LogP contribution >= 0.6 is 0 Å². The van der Waals surface area contributed by atoms with E-state index in [1.807, 2.05) is 0 Å². The minimum atomic E-state index is -0.896. The minimum absolute atomic E-state index is 0.0590. The molecule has 0 saturated heterocycles. The van der Waals surface area contributed by atoms with Crippen LogP contribution in [-0.2, 0) is 9.78 Å². The van der Waals surface area contributed by atoms with Crippen molar-refractivity contribution in [3.8, 4) is 0 Å². The van der Waals surface area contributed by atoms with Crippen LogP contribution in [-0.4, -0.2) is 0 Å². The van der Waals surface area contributed by atoms with Gasteiger partial charge in [-0.2, -0.15) is 4.39 Å². The molecule has 1 aliphatic heterocycles. The van der Waals surface area contributed by atoms with E-state index in [1.165, 1.54) is 6.08 Å². The van der Waals surface area contributed by atoms with E-state index in [2.05, 4.69) is 9.78 Å². The summed E-state index contributed by atoms with van der Waals surface area (Å²) in [6.45, 7) is 0. The van der Waals surface area contributed by atoms with Gasteiger partial charge in [-0.15, -0.1) is 0 Å². The van der Waals surface area contributed by atoms with Gasteiger partial charge in [0.1, 0.15) is 12.0 Å². The maximum Gasteiger partial charge on any atom is 0.347 e. The van der Waals surface area contributed by atoms with Crippen molar-refractivity contribution in [1.29, 1.82) is 0 Å². The van der Waals surface area contributed by atoms with Crippen LogP contribution < -0.4 is 5.73 Å². The quantitative estimate of drug-likeness (QED) is 0.471. The molecule has 1 rings (SSSR count). The number of nitrogens with two attached hydrogens (primary N) is 1. The molecule has 0 saturated carbocycles. The van der Waals surface area contributed by atoms with Crippen molar-refractivity contribution in [2.75, 3.05) is 0 Å². The third-order valence-electron chi connectivity index (χ3n) is 0.651. The monoisotopic (exact) mass is 117 g/mol. The van der Waals surface area contributed by atoms with Crippen molar-refractivity contribution in [3.63, 3.8) is 0 Å². The van der Waals surface area contributed by atoms with Crippen molar-refractivity contribution in [2.45, 2.75) is 0 Å². The first-order chi connectivity index (χ1) is 3.80. The zero-order valence-corrected chi connectivity index (χ0v) is 3.93. The number of allylic oxidation sites excluding steroid dienone is 1. The van der Waals surface area contributed by atoms with Gasteiger partial charge in [0.2, 0.25) is 0 Å². The lowest BCUT2D eigenvalue weighted by Gasteiger charge is -2.03. The fraction of sp³-hybridized carbons (Fsp3) is 0. The van der Waals surface area contributed by atoms with Crippen molar-refractivity contribution in [2.24, 2.45) is 5.73 Å². The Balaban J connectivity index is 2.76. The van der Waals surface area contributed by atoms with Gasteiger partial charge in [-0.25, -0.2) is 0 Å². The Labute approximate surface area is 45.1 Å². The van der Waals surface area contributed by atoms with Gasteiger partial charge >= 0.3 is 6.01 Å². The summed E-state index contributed by atoms with van der Waals surface area (Å²) in [5.41, 5.74) is 4.93. The molecule has 44 valence electrons. The van der Waals surface area contributed by atoms with Crippen molar-refractivity contribution in [3.05, 3.63) is 24.0 Å². The van der Waals surface area contributed by atoms with E-state index in [4.69, 9.17) is 5.73 Å². The van der Waals surface area contributed by atoms with E-state index < -0.39 is 6.01 Å². The summed E-state index contributed by atoms with van der Waals surface area (Å²) in [7, 11) is 0. The standard InChI is InChI=1S/C4H4FNO2/c5-4-3(6)1-2-7-8-4/h1-2H,6H2. The van der Waals surface area contributed by atoms with Crippen LogP contribution in [0.25, 0.3) is 0 Å². The Bertz CT molecular complexity index is 152. The van der Waals surface area contributed by atoms with E-state index in [9.17, 15) is 4.39 Å². The first-order valence-corrected chi connectivity index (χ1v) is 1.96. The fourth-order valence-corrected chi connectivity index (χ4v) is 0.285. The number of hydrogen-bond donors (Lipinski definition) is 1. The molecule has 0 aromatic carbocycles. The van der Waals surface area contributed by atoms with Crippen LogP contribution in [0.1, 0.15) is 0 Å². The lowest BCUT2D eigenvalue weighted by atomic mass is 10.5. The number of rotatable bonds is 0. The van der Waals surface area contributed by atoms with E-state index >= 15 is 0 Å². The van der Waals surface area contributed by atoms with E-state index in [0.29, 0.717) is 0 Å². The molecule has 0 aliphatic carbocycles. The first kappa shape index (κ1) is 4.96. The highest BCUT2D eigenvalue weighted by atomic mass is 19.1. The third kappa shape index (κ3) is 0.726. The molecule has 0 atom stereocenters. The molecule has 0 spiro atoms. The summed E-state index contributed by atoms with van der Waals surface area (Å²) in [5, 5.41) is 0. The molecular formula is C4H4FNO2. The lowest BCUT2D eigenvalue weighted by molar-refractivity contribution is -0.234. The average molecular weight is 117 g/mol. The van der Waals surface area contributed by atoms with Gasteiger partial charge < -0.3 is 5.73 Å². The van der Waals surface area contributed by atoms with E-state index in [1.54, 1.807) is 0 Å². The molecule has 0 unspecified atom stereocenters. The maximum absolute atomic E-state index is 11.9. The predicted molar refractivity (Wildman–Crippen MR) is 23.6 cm³/mol. The van der Waals surface area contributed by atoms with Gasteiger partial charge in [0.25, 0.3) is 0 Å². The second-order valence-electron chi connectivity index (χ2n) is 1.21. The molecular weight excluding hydrogens is 113 g/mol. The van der Waals surface area contributed by atoms with Crippen molar-refractivity contribution < 1.29 is 14.2 Å². The summed E-state index contributed by atoms with van der Waals surface area (Å²) < 4.78 is 11.9. The summed E-state index contributed by atoms with van der Waals surface area (Å²) in [6.07, 6.45) is 2.41. The maximum atomic E-state index is 11.9. The second kappa shape index (κ2) is 1.73. The first-order valence-electron chi connectivity index (χ1n) is 1.96. The van der Waals surface area contributed by atoms with Gasteiger partial charge in [-0.3, -0.25) is 9.78 Å². The van der Waals surface area contributed by atoms with Crippen LogP contribution in [0.15, 0.2) is 24.0 Å². The molecule has 0 amide bonds. The van der Waals surface area contributed by atoms with Crippen molar-refractivity contribution in [1.82, 2.24) is 0 Å². The van der Waals surface area contributed by atoms with E-state index in [0.717, 1.165) is 6.26 Å². The Morgan fingerprint density at radius 1 is 1.62 bits per heavy atom. The van der Waals surface area contributed by atoms with Crippen LogP contribution in [0.5, 0.6) is 0 Å². The predicted octanol–water partition coefficient (Wildman–Crippen LogP) is 0.559. The Morgan fingerprint density at radius 2 is 2.38 bits per heavy atom. The molecule has 2 N–H and O–H groups in total. The van der Waals surface area contributed by atoms with Gasteiger partial charge in [-0.05, 0) is 0 Å². The number of halogens is 1. The Hall–Kier alpha value is -1.19. The van der Waals surface area contributed by atoms with Crippen molar-refractivity contribution >= 4 is 0 Å². The SMILES string of the molecule is NC1=C(F)OOC=C1. The highest BCUT2D eigenvalue weighted by molar-refractivity contribution is 5.14. The normalized spacial score (nSPS) is 17.6. The average Bonchev–Trinajstić information content (AvgIpc) is 1.77. The molecule has 4 heteroatoms. The minimum Gasteiger partial charge on any atom is -0.393 e. The number of hydrogen-bond acceptors (Lipinski definition) is 3. The molecule has 1 aliphatic rings. The third-order valence-corrected chi connectivity index (χ3v) is 0.651. The molecule has 3 nitrogen and oxygen atoms in total. The van der Waals surface area contributed by atoms with Crippen LogP contribution in [0.2, 0.25) is 0 Å². The molecule has 1 heterocycles.